The molecule has 0 unspecified atom stereocenters. The summed E-state index contributed by atoms with van der Waals surface area (Å²) in [7, 11) is 1.93. The van der Waals surface area contributed by atoms with E-state index in [1.165, 1.54) is 4.90 Å². The number of cyclic esters (lactones) is 1. The highest BCUT2D eigenvalue weighted by Crippen LogP contribution is 2.21. The van der Waals surface area contributed by atoms with Gasteiger partial charge in [-0.1, -0.05) is 0 Å². The molecule has 0 atom stereocenters. The van der Waals surface area contributed by atoms with E-state index in [2.05, 4.69) is 0 Å². The smallest absolute Gasteiger partial charge is 0.416 e. The van der Waals surface area contributed by atoms with Crippen LogP contribution >= 0.6 is 0 Å². The highest BCUT2D eigenvalue weighted by Gasteiger charge is 2.30. The van der Waals surface area contributed by atoms with Crippen LogP contribution in [0.5, 0.6) is 0 Å². The molecule has 0 aromatic heterocycles. The van der Waals surface area contributed by atoms with Gasteiger partial charge in [-0.15, -0.1) is 0 Å². The maximum atomic E-state index is 11.9. The van der Waals surface area contributed by atoms with Crippen LogP contribution in [0.3, 0.4) is 0 Å². The van der Waals surface area contributed by atoms with Crippen molar-refractivity contribution in [1.29, 1.82) is 0 Å². The first-order valence-electron chi connectivity index (χ1n) is 6.51. The number of nitrogens with two attached hydrogens (primary N) is 1. The van der Waals surface area contributed by atoms with E-state index in [0.29, 0.717) is 25.2 Å². The van der Waals surface area contributed by atoms with Crippen molar-refractivity contribution < 1.29 is 14.3 Å². The molecule has 0 aromatic rings. The number of ether oxygens (including phenoxy) is 1. The molecular formula is C12H21N3O3. The number of nitrogens with zero attached hydrogens (tertiary/aromatic N) is 2. The molecule has 18 heavy (non-hydrogen) atoms. The molecule has 0 bridgehead atoms. The third-order valence-corrected chi connectivity index (χ3v) is 3.81. The van der Waals surface area contributed by atoms with Gasteiger partial charge < -0.3 is 10.5 Å². The molecule has 1 aliphatic heterocycles. The summed E-state index contributed by atoms with van der Waals surface area (Å²) >= 11 is 0. The molecule has 2 fully saturated rings. The van der Waals surface area contributed by atoms with E-state index in [0.717, 1.165) is 25.7 Å². The quantitative estimate of drug-likeness (QED) is 0.778. The number of carbonyl (C=O) groups excluding carboxylic acids is 2. The number of amides is 2. The number of imide groups is 1. The summed E-state index contributed by atoms with van der Waals surface area (Å²) in [6, 6.07) is 0.700. The monoisotopic (exact) mass is 255 g/mol. The summed E-state index contributed by atoms with van der Waals surface area (Å²) in [6.45, 7) is 0.961. The fourth-order valence-electron chi connectivity index (χ4n) is 2.59. The standard InChI is InChI=1S/C12H21N3O3/c1-14(10-4-2-9(13)3-5-10)8-11(16)15-6-7-18-12(15)17/h9-10H,2-8,13H2,1H3. The minimum atomic E-state index is -0.515. The molecule has 6 nitrogen and oxygen atoms in total. The van der Waals surface area contributed by atoms with Crippen molar-refractivity contribution in [2.24, 2.45) is 5.73 Å². The molecule has 1 saturated carbocycles. The Bertz CT molecular complexity index is 327. The van der Waals surface area contributed by atoms with Crippen LogP contribution < -0.4 is 5.73 Å². The van der Waals surface area contributed by atoms with Crippen LogP contribution in [0.4, 0.5) is 4.79 Å². The van der Waals surface area contributed by atoms with Gasteiger partial charge in [-0.2, -0.15) is 0 Å². The minimum absolute atomic E-state index is 0.171. The first-order valence-corrected chi connectivity index (χ1v) is 6.51. The van der Waals surface area contributed by atoms with Gasteiger partial charge in [0.1, 0.15) is 6.61 Å². The Morgan fingerprint density at radius 3 is 2.67 bits per heavy atom. The van der Waals surface area contributed by atoms with Crippen LogP contribution in [0.2, 0.25) is 0 Å². The Labute approximate surface area is 107 Å². The highest BCUT2D eigenvalue weighted by molar-refractivity contribution is 5.94. The molecule has 0 aromatic carbocycles. The van der Waals surface area contributed by atoms with Gasteiger partial charge in [0.05, 0.1) is 13.1 Å². The summed E-state index contributed by atoms with van der Waals surface area (Å²) in [5.41, 5.74) is 5.86. The average Bonchev–Trinajstić information content (AvgIpc) is 2.76. The Balaban J connectivity index is 1.81. The average molecular weight is 255 g/mol. The van der Waals surface area contributed by atoms with E-state index >= 15 is 0 Å². The minimum Gasteiger partial charge on any atom is -0.447 e. The number of likely N-dealkylation sites (N-methyl/N-ethyl adjacent to an activating group) is 1. The number of hydrogen-bond acceptors (Lipinski definition) is 5. The van der Waals surface area contributed by atoms with Crippen LogP contribution in [-0.4, -0.2) is 60.6 Å². The highest BCUT2D eigenvalue weighted by atomic mass is 16.6. The van der Waals surface area contributed by atoms with Crippen molar-refractivity contribution in [3.63, 3.8) is 0 Å². The van der Waals surface area contributed by atoms with Gasteiger partial charge in [0.15, 0.2) is 0 Å². The second-order valence-electron chi connectivity index (χ2n) is 5.14. The van der Waals surface area contributed by atoms with E-state index in [9.17, 15) is 9.59 Å². The Kier molecular flexibility index (Phi) is 4.19. The van der Waals surface area contributed by atoms with Gasteiger partial charge in [0.25, 0.3) is 0 Å². The van der Waals surface area contributed by atoms with Crippen LogP contribution in [-0.2, 0) is 9.53 Å². The van der Waals surface area contributed by atoms with Crippen molar-refractivity contribution in [1.82, 2.24) is 9.80 Å². The fourth-order valence-corrected chi connectivity index (χ4v) is 2.59. The van der Waals surface area contributed by atoms with E-state index in [-0.39, 0.29) is 12.5 Å². The molecule has 102 valence electrons. The molecule has 2 aliphatic rings. The lowest BCUT2D eigenvalue weighted by Crippen LogP contribution is -2.45. The lowest BCUT2D eigenvalue weighted by Gasteiger charge is -2.33. The molecule has 2 rings (SSSR count). The summed E-state index contributed by atoms with van der Waals surface area (Å²) in [4.78, 5) is 26.4. The van der Waals surface area contributed by atoms with Gasteiger partial charge in [-0.25, -0.2) is 9.69 Å². The predicted molar refractivity (Wildman–Crippen MR) is 65.9 cm³/mol. The van der Waals surface area contributed by atoms with Gasteiger partial charge in [0.2, 0.25) is 5.91 Å². The molecule has 6 heteroatoms. The van der Waals surface area contributed by atoms with Gasteiger partial charge in [-0.05, 0) is 32.7 Å². The number of hydrogen-bond donors (Lipinski definition) is 1. The maximum Gasteiger partial charge on any atom is 0.416 e. The summed E-state index contributed by atoms with van der Waals surface area (Å²) in [6.07, 6.45) is 3.55. The second kappa shape index (κ2) is 5.67. The van der Waals surface area contributed by atoms with E-state index < -0.39 is 6.09 Å². The first-order chi connectivity index (χ1) is 8.58. The zero-order valence-electron chi connectivity index (χ0n) is 10.8. The van der Waals surface area contributed by atoms with Crippen LogP contribution in [0.15, 0.2) is 0 Å². The Hall–Kier alpha value is -1.14. The lowest BCUT2D eigenvalue weighted by atomic mass is 9.91. The van der Waals surface area contributed by atoms with Gasteiger partial charge in [0, 0.05) is 12.1 Å². The number of rotatable bonds is 3. The summed E-state index contributed by atoms with van der Waals surface area (Å²) in [5.74, 6) is -0.171. The van der Waals surface area contributed by atoms with Crippen LogP contribution in [0, 0.1) is 0 Å². The second-order valence-corrected chi connectivity index (χ2v) is 5.14. The van der Waals surface area contributed by atoms with Crippen molar-refractivity contribution in [3.05, 3.63) is 0 Å². The van der Waals surface area contributed by atoms with Crippen molar-refractivity contribution >= 4 is 12.0 Å². The topological polar surface area (TPSA) is 75.9 Å². The summed E-state index contributed by atoms with van der Waals surface area (Å²) < 4.78 is 4.76. The summed E-state index contributed by atoms with van der Waals surface area (Å²) in [5, 5.41) is 0. The van der Waals surface area contributed by atoms with Crippen LogP contribution in [0.1, 0.15) is 25.7 Å². The SMILES string of the molecule is CN(CC(=O)N1CCOC1=O)C1CCC(N)CC1. The zero-order chi connectivity index (χ0) is 13.1. The van der Waals surface area contributed by atoms with Gasteiger partial charge >= 0.3 is 6.09 Å². The molecule has 0 radical (unpaired) electrons. The largest absolute Gasteiger partial charge is 0.447 e. The molecule has 1 heterocycles. The first kappa shape index (κ1) is 13.3. The van der Waals surface area contributed by atoms with E-state index in [1.807, 2.05) is 11.9 Å². The predicted octanol–water partition coefficient (Wildman–Crippen LogP) is 0.167. The molecular weight excluding hydrogens is 234 g/mol. The van der Waals surface area contributed by atoms with Crippen molar-refractivity contribution in [2.45, 2.75) is 37.8 Å². The number of carbonyl (C=O) groups is 2. The van der Waals surface area contributed by atoms with E-state index in [4.69, 9.17) is 10.5 Å². The molecule has 2 N–H and O–H groups in total. The maximum absolute atomic E-state index is 11.9. The molecule has 0 spiro atoms. The Morgan fingerprint density at radius 2 is 2.11 bits per heavy atom. The zero-order valence-corrected chi connectivity index (χ0v) is 10.8. The lowest BCUT2D eigenvalue weighted by molar-refractivity contribution is -0.129. The van der Waals surface area contributed by atoms with E-state index in [1.54, 1.807) is 0 Å². The molecule has 1 aliphatic carbocycles. The van der Waals surface area contributed by atoms with Crippen LogP contribution in [0.25, 0.3) is 0 Å². The normalized spacial score (nSPS) is 28.6. The van der Waals surface area contributed by atoms with Gasteiger partial charge in [-0.3, -0.25) is 9.69 Å². The van der Waals surface area contributed by atoms with Crippen molar-refractivity contribution in [2.75, 3.05) is 26.7 Å². The third kappa shape index (κ3) is 3.00. The Morgan fingerprint density at radius 1 is 1.44 bits per heavy atom. The van der Waals surface area contributed by atoms with Crippen molar-refractivity contribution in [3.8, 4) is 0 Å². The fraction of sp³-hybridized carbons (Fsp3) is 0.833. The molecule has 2 amide bonds. The third-order valence-electron chi connectivity index (χ3n) is 3.81. The molecule has 1 saturated heterocycles.